The van der Waals surface area contributed by atoms with E-state index in [-0.39, 0.29) is 13.0 Å². The molecule has 196 valence electrons. The van der Waals surface area contributed by atoms with Crippen molar-refractivity contribution >= 4 is 7.60 Å². The Kier molecular flexibility index (Phi) is 18.6. The van der Waals surface area contributed by atoms with Gasteiger partial charge >= 0.3 is 7.60 Å². The Hall–Kier alpha value is -0.450. The zero-order chi connectivity index (χ0) is 25.1. The van der Waals surface area contributed by atoms with Gasteiger partial charge in [0.25, 0.3) is 0 Å². The van der Waals surface area contributed by atoms with Gasteiger partial charge in [-0.2, -0.15) is 0 Å². The quantitative estimate of drug-likeness (QED) is 0.0645. The van der Waals surface area contributed by atoms with E-state index in [0.29, 0.717) is 10.9 Å². The molecule has 6 heteroatoms. The summed E-state index contributed by atoms with van der Waals surface area (Å²) in [6.45, 7) is 2.32. The van der Waals surface area contributed by atoms with Crippen LogP contribution in [0.2, 0.25) is 0 Å². The number of unbranched alkanes of at least 4 members (excludes halogenated alkanes) is 13. The van der Waals surface area contributed by atoms with E-state index in [1.54, 1.807) is 0 Å². The van der Waals surface area contributed by atoms with Crippen molar-refractivity contribution in [3.63, 3.8) is 0 Å². The Balaban J connectivity index is 3.66. The summed E-state index contributed by atoms with van der Waals surface area (Å²) in [4.78, 5) is 19.2. The maximum atomic E-state index is 11.8. The molecule has 0 saturated carbocycles. The van der Waals surface area contributed by atoms with E-state index in [1.165, 1.54) is 57.8 Å². The van der Waals surface area contributed by atoms with Crippen LogP contribution in [0.25, 0.3) is 0 Å². The van der Waals surface area contributed by atoms with Gasteiger partial charge in [0.2, 0.25) is 5.34 Å². The molecule has 3 N–H and O–H groups in total. The smallest absolute Gasteiger partial charge is 0.362 e. The van der Waals surface area contributed by atoms with E-state index < -0.39 is 12.9 Å². The average Bonchev–Trinajstić information content (AvgIpc) is 2.70. The molecular formula is C27H55NO4P+. The van der Waals surface area contributed by atoms with E-state index in [1.807, 2.05) is 21.1 Å². The summed E-state index contributed by atoms with van der Waals surface area (Å²) in [7, 11) is 0.958. The second-order valence-electron chi connectivity index (χ2n) is 10.7. The lowest BCUT2D eigenvalue weighted by molar-refractivity contribution is -0.875. The summed E-state index contributed by atoms with van der Waals surface area (Å²) in [5, 5.41) is 8.63. The van der Waals surface area contributed by atoms with E-state index in [4.69, 9.17) is 0 Å². The number of hydrogen-bond donors (Lipinski definition) is 3. The van der Waals surface area contributed by atoms with Gasteiger partial charge in [0.15, 0.2) is 0 Å². The monoisotopic (exact) mass is 488 g/mol. The van der Waals surface area contributed by atoms with Gasteiger partial charge in [0, 0.05) is 0 Å². The first-order valence-electron chi connectivity index (χ1n) is 13.4. The second kappa shape index (κ2) is 18.8. The van der Waals surface area contributed by atoms with Crippen LogP contribution < -0.4 is 0 Å². The zero-order valence-corrected chi connectivity index (χ0v) is 23.1. The SMILES string of the molecule is CCCCCCCC/C=C\CC/C=C\CCCCCCCCC(O)(C[N+](C)(C)C)P(=O)(O)O. The molecular weight excluding hydrogens is 433 g/mol. The van der Waals surface area contributed by atoms with Crippen LogP contribution >= 0.6 is 7.60 Å². The third kappa shape index (κ3) is 19.5. The normalized spacial score (nSPS) is 15.0. The third-order valence-electron chi connectivity index (χ3n) is 6.03. The van der Waals surface area contributed by atoms with Gasteiger partial charge in [-0.15, -0.1) is 0 Å². The molecule has 0 aliphatic carbocycles. The Morgan fingerprint density at radius 3 is 1.48 bits per heavy atom. The highest BCUT2D eigenvalue weighted by molar-refractivity contribution is 7.53. The molecule has 0 bridgehead atoms. The summed E-state index contributed by atoms with van der Waals surface area (Å²) in [6, 6.07) is 0. The number of rotatable bonds is 22. The second-order valence-corrected chi connectivity index (χ2v) is 12.6. The van der Waals surface area contributed by atoms with Crippen molar-refractivity contribution in [1.29, 1.82) is 0 Å². The standard InChI is InChI=1S/C27H54NO4P/c1-5-6-7-8-9-10-11-12-13-14-15-16-17-18-19-20-21-22-23-24-25-27(29,33(30,31)32)26-28(2,3)4/h12-13,16-17,29H,5-11,14-15,18-26H2,1-4H3,(H-,30,31,32)/p+1/b13-12-,17-16-. The minimum atomic E-state index is -4.55. The fourth-order valence-electron chi connectivity index (χ4n) is 4.16. The zero-order valence-electron chi connectivity index (χ0n) is 22.2. The van der Waals surface area contributed by atoms with Crippen LogP contribution in [-0.4, -0.2) is 52.4 Å². The minimum absolute atomic E-state index is 0.0541. The molecule has 0 fully saturated rings. The van der Waals surface area contributed by atoms with Crippen LogP contribution in [0.3, 0.4) is 0 Å². The number of allylic oxidation sites excluding steroid dienone is 4. The molecule has 0 aliphatic heterocycles. The molecule has 0 aromatic carbocycles. The van der Waals surface area contributed by atoms with Crippen LogP contribution in [0.5, 0.6) is 0 Å². The summed E-state index contributed by atoms with van der Waals surface area (Å²) in [6.07, 6.45) is 28.3. The van der Waals surface area contributed by atoms with Crippen molar-refractivity contribution in [2.75, 3.05) is 27.7 Å². The maximum absolute atomic E-state index is 11.8. The molecule has 0 aromatic rings. The van der Waals surface area contributed by atoms with Crippen LogP contribution in [0.1, 0.15) is 116 Å². The third-order valence-corrected chi connectivity index (χ3v) is 7.47. The van der Waals surface area contributed by atoms with Gasteiger partial charge in [-0.25, -0.2) is 0 Å². The fourth-order valence-corrected chi connectivity index (χ4v) is 5.22. The first-order chi connectivity index (χ1) is 15.5. The lowest BCUT2D eigenvalue weighted by atomic mass is 10.1. The van der Waals surface area contributed by atoms with Crippen molar-refractivity contribution in [3.8, 4) is 0 Å². The Morgan fingerprint density at radius 2 is 1.06 bits per heavy atom. The molecule has 0 radical (unpaired) electrons. The van der Waals surface area contributed by atoms with Crippen molar-refractivity contribution < 1.29 is 23.9 Å². The first kappa shape index (κ1) is 32.5. The number of aliphatic hydroxyl groups is 1. The largest absolute Gasteiger partial charge is 0.373 e. The summed E-state index contributed by atoms with van der Waals surface area (Å²) in [5.74, 6) is 0. The van der Waals surface area contributed by atoms with Crippen LogP contribution in [-0.2, 0) is 4.57 Å². The number of nitrogens with zero attached hydrogens (tertiary/aromatic N) is 1. The van der Waals surface area contributed by atoms with Crippen LogP contribution in [0, 0.1) is 0 Å². The maximum Gasteiger partial charge on any atom is 0.362 e. The lowest BCUT2D eigenvalue weighted by Gasteiger charge is -2.35. The molecule has 0 heterocycles. The van der Waals surface area contributed by atoms with Crippen molar-refractivity contribution in [3.05, 3.63) is 24.3 Å². The highest BCUT2D eigenvalue weighted by atomic mass is 31.2. The Morgan fingerprint density at radius 1 is 0.667 bits per heavy atom. The molecule has 0 aliphatic rings. The molecule has 33 heavy (non-hydrogen) atoms. The Labute approximate surface area is 205 Å². The Bertz CT molecular complexity index is 565. The number of quaternary nitrogens is 1. The highest BCUT2D eigenvalue weighted by Gasteiger charge is 2.48. The molecule has 1 atom stereocenters. The average molecular weight is 489 g/mol. The molecule has 0 saturated heterocycles. The molecule has 0 amide bonds. The van der Waals surface area contributed by atoms with Gasteiger partial charge in [-0.05, 0) is 51.4 Å². The van der Waals surface area contributed by atoms with Crippen molar-refractivity contribution in [1.82, 2.24) is 0 Å². The van der Waals surface area contributed by atoms with Gasteiger partial charge in [0.1, 0.15) is 6.54 Å². The number of hydrogen-bond acceptors (Lipinski definition) is 2. The molecule has 1 unspecified atom stereocenters. The van der Waals surface area contributed by atoms with E-state index in [9.17, 15) is 19.5 Å². The molecule has 0 aromatic heterocycles. The fraction of sp³-hybridized carbons (Fsp3) is 0.852. The minimum Gasteiger partial charge on any atom is -0.373 e. The van der Waals surface area contributed by atoms with Gasteiger partial charge in [-0.3, -0.25) is 4.57 Å². The lowest BCUT2D eigenvalue weighted by Crippen LogP contribution is -2.49. The van der Waals surface area contributed by atoms with E-state index >= 15 is 0 Å². The van der Waals surface area contributed by atoms with Crippen molar-refractivity contribution in [2.45, 2.75) is 121 Å². The molecule has 0 rings (SSSR count). The van der Waals surface area contributed by atoms with Gasteiger partial charge < -0.3 is 19.4 Å². The van der Waals surface area contributed by atoms with Crippen LogP contribution in [0.4, 0.5) is 0 Å². The summed E-state index contributed by atoms with van der Waals surface area (Å²) >= 11 is 0. The van der Waals surface area contributed by atoms with E-state index in [0.717, 1.165) is 38.5 Å². The molecule has 5 nitrogen and oxygen atoms in total. The summed E-state index contributed by atoms with van der Waals surface area (Å²) < 4.78 is 12.1. The van der Waals surface area contributed by atoms with Gasteiger partial charge in [0.05, 0.1) is 21.1 Å². The van der Waals surface area contributed by atoms with Gasteiger partial charge in [-0.1, -0.05) is 89.0 Å². The predicted octanol–water partition coefficient (Wildman–Crippen LogP) is 7.32. The topological polar surface area (TPSA) is 77.8 Å². The predicted molar refractivity (Wildman–Crippen MR) is 142 cm³/mol. The number of likely N-dealkylation sites (N-methyl/N-ethyl adjacent to an activating group) is 1. The highest BCUT2D eigenvalue weighted by Crippen LogP contribution is 2.52. The summed E-state index contributed by atoms with van der Waals surface area (Å²) in [5.41, 5.74) is 0. The van der Waals surface area contributed by atoms with Crippen LogP contribution in [0.15, 0.2) is 24.3 Å². The first-order valence-corrected chi connectivity index (χ1v) is 15.0. The van der Waals surface area contributed by atoms with Crippen molar-refractivity contribution in [2.24, 2.45) is 0 Å². The van der Waals surface area contributed by atoms with E-state index in [2.05, 4.69) is 31.2 Å². The molecule has 0 spiro atoms.